The van der Waals surface area contributed by atoms with E-state index in [1.807, 2.05) is 25.8 Å². The summed E-state index contributed by atoms with van der Waals surface area (Å²) in [7, 11) is 1.99. The Morgan fingerprint density at radius 3 is 2.61 bits per heavy atom. The molecular formula is C13H24N4O. The number of hydrogen-bond donors (Lipinski definition) is 1. The Bertz CT molecular complexity index is 379. The lowest BCUT2D eigenvalue weighted by Gasteiger charge is -2.29. The van der Waals surface area contributed by atoms with Crippen molar-refractivity contribution in [1.29, 1.82) is 0 Å². The molecule has 0 spiro atoms. The number of ether oxygens (including phenoxy) is 1. The zero-order chi connectivity index (χ0) is 13.8. The number of rotatable bonds is 6. The highest BCUT2D eigenvalue weighted by Gasteiger charge is 2.19. The van der Waals surface area contributed by atoms with Crippen LogP contribution in [0.5, 0.6) is 5.88 Å². The van der Waals surface area contributed by atoms with E-state index in [1.54, 1.807) is 12.4 Å². The molecule has 0 radical (unpaired) electrons. The average Bonchev–Trinajstić information content (AvgIpc) is 2.28. The minimum Gasteiger partial charge on any atom is -0.474 e. The van der Waals surface area contributed by atoms with Crippen LogP contribution in [0, 0.1) is 5.41 Å². The van der Waals surface area contributed by atoms with Crippen LogP contribution >= 0.6 is 0 Å². The van der Waals surface area contributed by atoms with Crippen molar-refractivity contribution in [1.82, 2.24) is 9.97 Å². The molecule has 0 aromatic carbocycles. The van der Waals surface area contributed by atoms with Gasteiger partial charge in [0.05, 0.1) is 18.5 Å². The van der Waals surface area contributed by atoms with Crippen molar-refractivity contribution < 1.29 is 4.74 Å². The molecule has 1 aromatic heterocycles. The van der Waals surface area contributed by atoms with Crippen LogP contribution in [0.2, 0.25) is 0 Å². The molecule has 0 atom stereocenters. The van der Waals surface area contributed by atoms with Gasteiger partial charge in [0.15, 0.2) is 5.82 Å². The topological polar surface area (TPSA) is 64.3 Å². The molecule has 2 N–H and O–H groups in total. The van der Waals surface area contributed by atoms with Gasteiger partial charge in [0.2, 0.25) is 5.88 Å². The first-order valence-electron chi connectivity index (χ1n) is 6.24. The third kappa shape index (κ3) is 4.49. The molecule has 0 unspecified atom stereocenters. The second kappa shape index (κ2) is 6.00. The quantitative estimate of drug-likeness (QED) is 0.834. The molecule has 0 aliphatic rings. The van der Waals surface area contributed by atoms with E-state index in [9.17, 15) is 0 Å². The molecule has 1 heterocycles. The van der Waals surface area contributed by atoms with Gasteiger partial charge in [-0.25, -0.2) is 0 Å². The zero-order valence-electron chi connectivity index (χ0n) is 12.0. The molecule has 18 heavy (non-hydrogen) atoms. The maximum absolute atomic E-state index is 5.74. The van der Waals surface area contributed by atoms with E-state index in [-0.39, 0.29) is 11.5 Å². The summed E-state index contributed by atoms with van der Waals surface area (Å²) in [6, 6.07) is 0. The zero-order valence-corrected chi connectivity index (χ0v) is 12.0. The van der Waals surface area contributed by atoms with Gasteiger partial charge < -0.3 is 15.4 Å². The highest BCUT2D eigenvalue weighted by atomic mass is 16.5. The third-order valence-electron chi connectivity index (χ3n) is 2.57. The lowest BCUT2D eigenvalue weighted by Crippen LogP contribution is -2.37. The molecule has 102 valence electrons. The largest absolute Gasteiger partial charge is 0.474 e. The monoisotopic (exact) mass is 252 g/mol. The smallest absolute Gasteiger partial charge is 0.234 e. The minimum atomic E-state index is 0.0470. The van der Waals surface area contributed by atoms with Gasteiger partial charge >= 0.3 is 0 Å². The average molecular weight is 252 g/mol. The van der Waals surface area contributed by atoms with Gasteiger partial charge in [-0.3, -0.25) is 4.98 Å². The molecule has 0 bridgehead atoms. The highest BCUT2D eigenvalue weighted by Crippen LogP contribution is 2.19. The van der Waals surface area contributed by atoms with Crippen LogP contribution in [0.1, 0.15) is 27.7 Å². The first kappa shape index (κ1) is 14.7. The molecule has 0 amide bonds. The van der Waals surface area contributed by atoms with Crippen LogP contribution in [0.25, 0.3) is 0 Å². The molecule has 0 aliphatic heterocycles. The number of anilines is 1. The summed E-state index contributed by atoms with van der Waals surface area (Å²) < 4.78 is 5.54. The highest BCUT2D eigenvalue weighted by molar-refractivity contribution is 5.36. The SMILES string of the molecule is CC(C)Oc1cncc(N(C)CC(C)(C)CN)n1. The van der Waals surface area contributed by atoms with Crippen molar-refractivity contribution in [3.63, 3.8) is 0 Å². The molecule has 5 nitrogen and oxygen atoms in total. The fraction of sp³-hybridized carbons (Fsp3) is 0.692. The van der Waals surface area contributed by atoms with Crippen LogP contribution in [0.4, 0.5) is 5.82 Å². The first-order chi connectivity index (χ1) is 8.34. The summed E-state index contributed by atoms with van der Waals surface area (Å²) in [5.41, 5.74) is 5.79. The third-order valence-corrected chi connectivity index (χ3v) is 2.57. The van der Waals surface area contributed by atoms with Crippen molar-refractivity contribution in [2.24, 2.45) is 11.1 Å². The van der Waals surface area contributed by atoms with E-state index < -0.39 is 0 Å². The van der Waals surface area contributed by atoms with Crippen LogP contribution in [-0.2, 0) is 0 Å². The number of nitrogens with zero attached hydrogens (tertiary/aromatic N) is 3. The van der Waals surface area contributed by atoms with Crippen molar-refractivity contribution in [2.45, 2.75) is 33.8 Å². The Morgan fingerprint density at radius 2 is 2.06 bits per heavy atom. The van der Waals surface area contributed by atoms with Gasteiger partial charge in [-0.1, -0.05) is 13.8 Å². The van der Waals surface area contributed by atoms with E-state index in [0.717, 1.165) is 12.4 Å². The molecule has 0 aliphatic carbocycles. The predicted molar refractivity (Wildman–Crippen MR) is 73.9 cm³/mol. The Morgan fingerprint density at radius 1 is 1.39 bits per heavy atom. The summed E-state index contributed by atoms with van der Waals surface area (Å²) in [5.74, 6) is 1.36. The van der Waals surface area contributed by atoms with Crippen LogP contribution in [0.15, 0.2) is 12.4 Å². The molecule has 5 heteroatoms. The summed E-state index contributed by atoms with van der Waals surface area (Å²) in [6.45, 7) is 9.65. The second-order valence-electron chi connectivity index (χ2n) is 5.61. The lowest BCUT2D eigenvalue weighted by atomic mass is 9.93. The number of aromatic nitrogens is 2. The maximum Gasteiger partial charge on any atom is 0.234 e. The number of hydrogen-bond acceptors (Lipinski definition) is 5. The molecule has 1 rings (SSSR count). The van der Waals surface area contributed by atoms with Crippen LogP contribution in [0.3, 0.4) is 0 Å². The van der Waals surface area contributed by atoms with Gasteiger partial charge in [0.1, 0.15) is 0 Å². The van der Waals surface area contributed by atoms with Gasteiger partial charge in [-0.15, -0.1) is 0 Å². The van der Waals surface area contributed by atoms with Gasteiger partial charge in [-0.05, 0) is 25.8 Å². The minimum absolute atomic E-state index is 0.0470. The van der Waals surface area contributed by atoms with Crippen molar-refractivity contribution in [3.8, 4) is 5.88 Å². The van der Waals surface area contributed by atoms with Crippen molar-refractivity contribution >= 4 is 5.82 Å². The Balaban J connectivity index is 2.76. The van der Waals surface area contributed by atoms with Crippen LogP contribution < -0.4 is 15.4 Å². The standard InChI is InChI=1S/C13H24N4O/c1-10(2)18-12-7-15-6-11(16-12)17(5)9-13(3,4)8-14/h6-7,10H,8-9,14H2,1-5H3. The maximum atomic E-state index is 5.74. The summed E-state index contributed by atoms with van der Waals surface area (Å²) in [5, 5.41) is 0. The van der Waals surface area contributed by atoms with Gasteiger partial charge in [0, 0.05) is 13.6 Å². The fourth-order valence-corrected chi connectivity index (χ4v) is 1.61. The van der Waals surface area contributed by atoms with Crippen molar-refractivity contribution in [2.75, 3.05) is 25.0 Å². The molecular weight excluding hydrogens is 228 g/mol. The Hall–Kier alpha value is -1.36. The first-order valence-corrected chi connectivity index (χ1v) is 6.24. The van der Waals surface area contributed by atoms with E-state index in [0.29, 0.717) is 12.4 Å². The van der Waals surface area contributed by atoms with E-state index in [2.05, 4.69) is 23.8 Å². The second-order valence-corrected chi connectivity index (χ2v) is 5.61. The lowest BCUT2D eigenvalue weighted by molar-refractivity contribution is 0.231. The molecule has 0 saturated heterocycles. The van der Waals surface area contributed by atoms with Crippen molar-refractivity contribution in [3.05, 3.63) is 12.4 Å². The van der Waals surface area contributed by atoms with E-state index in [4.69, 9.17) is 10.5 Å². The molecule has 1 aromatic rings. The van der Waals surface area contributed by atoms with E-state index in [1.165, 1.54) is 0 Å². The fourth-order valence-electron chi connectivity index (χ4n) is 1.61. The normalized spacial score (nSPS) is 11.7. The summed E-state index contributed by atoms with van der Waals surface area (Å²) >= 11 is 0. The van der Waals surface area contributed by atoms with Gasteiger partial charge in [0.25, 0.3) is 0 Å². The van der Waals surface area contributed by atoms with Crippen LogP contribution in [-0.4, -0.2) is 36.2 Å². The Labute approximate surface area is 109 Å². The predicted octanol–water partition coefficient (Wildman–Crippen LogP) is 1.68. The molecule has 0 saturated carbocycles. The number of nitrogens with two attached hydrogens (primary N) is 1. The van der Waals surface area contributed by atoms with E-state index >= 15 is 0 Å². The summed E-state index contributed by atoms with van der Waals surface area (Å²) in [6.07, 6.45) is 3.46. The summed E-state index contributed by atoms with van der Waals surface area (Å²) in [4.78, 5) is 10.6. The van der Waals surface area contributed by atoms with Gasteiger partial charge in [-0.2, -0.15) is 4.98 Å². The Kier molecular flexibility index (Phi) is 4.90. The molecule has 0 fully saturated rings.